The van der Waals surface area contributed by atoms with Gasteiger partial charge in [-0.15, -0.1) is 0 Å². The first-order valence-corrected chi connectivity index (χ1v) is 10.1. The maximum atomic E-state index is 11.8. The Morgan fingerprint density at radius 1 is 1.00 bits per heavy atom. The minimum absolute atomic E-state index is 0.0569. The molecule has 4 heteroatoms. The Morgan fingerprint density at radius 3 is 2.55 bits per heavy atom. The Bertz CT molecular complexity index is 955. The molecule has 2 unspecified atom stereocenters. The van der Waals surface area contributed by atoms with E-state index in [-0.39, 0.29) is 12.5 Å². The van der Waals surface area contributed by atoms with Crippen molar-refractivity contribution in [1.29, 1.82) is 0 Å². The summed E-state index contributed by atoms with van der Waals surface area (Å²) >= 11 is 0. The number of benzene rings is 2. The van der Waals surface area contributed by atoms with E-state index < -0.39 is 6.04 Å². The molecule has 1 aromatic heterocycles. The lowest BCUT2D eigenvalue weighted by molar-refractivity contribution is 0.288. The summed E-state index contributed by atoms with van der Waals surface area (Å²) in [7, 11) is 0. The van der Waals surface area contributed by atoms with E-state index >= 15 is 0 Å². The van der Waals surface area contributed by atoms with Crippen LogP contribution < -0.4 is 0 Å². The van der Waals surface area contributed by atoms with E-state index in [1.807, 2.05) is 31.2 Å². The predicted octanol–water partition coefficient (Wildman–Crippen LogP) is 5.65. The molecule has 0 aliphatic heterocycles. The summed E-state index contributed by atoms with van der Waals surface area (Å²) in [6.45, 7) is 4.22. The highest BCUT2D eigenvalue weighted by atomic mass is 16.3. The second-order valence-electron chi connectivity index (χ2n) is 7.57. The fourth-order valence-corrected chi connectivity index (χ4v) is 3.91. The Hall–Kier alpha value is -2.85. The van der Waals surface area contributed by atoms with Gasteiger partial charge in [0.25, 0.3) is 0 Å². The lowest BCUT2D eigenvalue weighted by atomic mass is 9.82. The van der Waals surface area contributed by atoms with E-state index in [2.05, 4.69) is 53.5 Å². The standard InChI is InChI=1S/C25H28N2O2/c1-18-7-3-4-11-23(18)24(21-10-5-8-20(16-21)9-6-14-28)17-25(27-29)22-12-13-26-19(2)15-22/h3-5,7-8,10-13,15-16,24-25,28H,6,9,14,17H2,1-2H3. The highest BCUT2D eigenvalue weighted by molar-refractivity contribution is 5.39. The van der Waals surface area contributed by atoms with Crippen LogP contribution in [-0.2, 0) is 6.42 Å². The van der Waals surface area contributed by atoms with Crippen LogP contribution in [0.1, 0.15) is 58.3 Å². The number of aliphatic hydroxyl groups excluding tert-OH is 1. The third-order valence-electron chi connectivity index (χ3n) is 5.43. The number of aliphatic hydroxyl groups is 1. The molecule has 2 aromatic carbocycles. The van der Waals surface area contributed by atoms with Crippen LogP contribution in [0.4, 0.5) is 0 Å². The molecule has 0 fully saturated rings. The van der Waals surface area contributed by atoms with Crippen LogP contribution >= 0.6 is 0 Å². The summed E-state index contributed by atoms with van der Waals surface area (Å²) < 4.78 is 0. The zero-order chi connectivity index (χ0) is 20.6. The molecule has 0 aliphatic carbocycles. The van der Waals surface area contributed by atoms with E-state index in [9.17, 15) is 4.91 Å². The van der Waals surface area contributed by atoms with E-state index in [1.54, 1.807) is 6.20 Å². The van der Waals surface area contributed by atoms with Crippen LogP contribution in [0.15, 0.2) is 72.0 Å². The highest BCUT2D eigenvalue weighted by Gasteiger charge is 2.23. The average molecular weight is 389 g/mol. The molecule has 0 saturated heterocycles. The van der Waals surface area contributed by atoms with Crippen LogP contribution in [0.2, 0.25) is 0 Å². The molecule has 2 atom stereocenters. The van der Waals surface area contributed by atoms with Crippen LogP contribution in [-0.4, -0.2) is 16.7 Å². The highest BCUT2D eigenvalue weighted by Crippen LogP contribution is 2.37. The summed E-state index contributed by atoms with van der Waals surface area (Å²) in [5.41, 5.74) is 6.58. The molecule has 1 N–H and O–H groups in total. The number of hydrogen-bond acceptors (Lipinski definition) is 4. The Morgan fingerprint density at radius 2 is 1.83 bits per heavy atom. The van der Waals surface area contributed by atoms with E-state index in [0.29, 0.717) is 6.42 Å². The van der Waals surface area contributed by atoms with Gasteiger partial charge < -0.3 is 5.11 Å². The van der Waals surface area contributed by atoms with Gasteiger partial charge in [-0.3, -0.25) is 4.98 Å². The van der Waals surface area contributed by atoms with Crippen molar-refractivity contribution in [2.45, 2.75) is 45.1 Å². The van der Waals surface area contributed by atoms with Crippen molar-refractivity contribution in [2.75, 3.05) is 6.61 Å². The van der Waals surface area contributed by atoms with E-state index in [0.717, 1.165) is 24.1 Å². The number of aromatic nitrogens is 1. The van der Waals surface area contributed by atoms with Crippen molar-refractivity contribution in [3.63, 3.8) is 0 Å². The predicted molar refractivity (Wildman–Crippen MR) is 117 cm³/mol. The fraction of sp³-hybridized carbons (Fsp3) is 0.320. The summed E-state index contributed by atoms with van der Waals surface area (Å²) in [4.78, 5) is 16.1. The Labute approximate surface area is 172 Å². The molecular formula is C25H28N2O2. The SMILES string of the molecule is Cc1cc(C(CC(c2cccc(CCCO)c2)c2ccccc2C)N=O)ccn1. The molecule has 0 saturated carbocycles. The number of pyridine rings is 1. The molecule has 0 aliphatic rings. The molecule has 4 nitrogen and oxygen atoms in total. The molecule has 0 amide bonds. The summed E-state index contributed by atoms with van der Waals surface area (Å²) in [6, 6.07) is 20.2. The Balaban J connectivity index is 2.00. The van der Waals surface area contributed by atoms with E-state index in [1.165, 1.54) is 22.3 Å². The second-order valence-corrected chi connectivity index (χ2v) is 7.57. The van der Waals surface area contributed by atoms with Gasteiger partial charge in [-0.05, 0) is 73.1 Å². The minimum atomic E-state index is -0.442. The first-order chi connectivity index (χ1) is 14.1. The monoisotopic (exact) mass is 388 g/mol. The van der Waals surface area contributed by atoms with Crippen molar-refractivity contribution in [3.05, 3.63) is 105 Å². The van der Waals surface area contributed by atoms with Crippen LogP contribution in [0.25, 0.3) is 0 Å². The Kier molecular flexibility index (Phi) is 7.25. The van der Waals surface area contributed by atoms with Gasteiger partial charge in [0.1, 0.15) is 6.04 Å². The zero-order valence-corrected chi connectivity index (χ0v) is 17.1. The molecule has 150 valence electrons. The fourth-order valence-electron chi connectivity index (χ4n) is 3.91. The number of aryl methyl sites for hydroxylation is 3. The maximum absolute atomic E-state index is 11.8. The smallest absolute Gasteiger partial charge is 0.118 e. The number of nitrogens with zero attached hydrogens (tertiary/aromatic N) is 2. The van der Waals surface area contributed by atoms with Crippen LogP contribution in [0.5, 0.6) is 0 Å². The third-order valence-corrected chi connectivity index (χ3v) is 5.43. The molecule has 1 heterocycles. The van der Waals surface area contributed by atoms with Gasteiger partial charge in [0.2, 0.25) is 0 Å². The number of rotatable bonds is 9. The van der Waals surface area contributed by atoms with Crippen molar-refractivity contribution < 1.29 is 5.11 Å². The van der Waals surface area contributed by atoms with Gasteiger partial charge in [0, 0.05) is 24.4 Å². The zero-order valence-electron chi connectivity index (χ0n) is 17.1. The van der Waals surface area contributed by atoms with Crippen molar-refractivity contribution in [2.24, 2.45) is 5.18 Å². The van der Waals surface area contributed by atoms with Gasteiger partial charge in [0.15, 0.2) is 0 Å². The first-order valence-electron chi connectivity index (χ1n) is 10.1. The third kappa shape index (κ3) is 5.36. The molecule has 3 rings (SSSR count). The molecule has 0 spiro atoms. The van der Waals surface area contributed by atoms with Crippen molar-refractivity contribution in [3.8, 4) is 0 Å². The molecule has 29 heavy (non-hydrogen) atoms. The quantitative estimate of drug-likeness (QED) is 0.482. The molecule has 0 bridgehead atoms. The summed E-state index contributed by atoms with van der Waals surface area (Å²) in [5, 5.41) is 12.6. The van der Waals surface area contributed by atoms with Gasteiger partial charge in [-0.25, -0.2) is 0 Å². The van der Waals surface area contributed by atoms with Crippen LogP contribution in [0, 0.1) is 18.8 Å². The van der Waals surface area contributed by atoms with Crippen molar-refractivity contribution in [1.82, 2.24) is 4.98 Å². The van der Waals surface area contributed by atoms with E-state index in [4.69, 9.17) is 5.11 Å². The minimum Gasteiger partial charge on any atom is -0.396 e. The van der Waals surface area contributed by atoms with Crippen LogP contribution in [0.3, 0.4) is 0 Å². The summed E-state index contributed by atoms with van der Waals surface area (Å²) in [6.07, 6.45) is 3.92. The van der Waals surface area contributed by atoms with Gasteiger partial charge >= 0.3 is 0 Å². The lowest BCUT2D eigenvalue weighted by Gasteiger charge is -2.23. The molecular weight excluding hydrogens is 360 g/mol. The largest absolute Gasteiger partial charge is 0.396 e. The average Bonchev–Trinajstić information content (AvgIpc) is 2.74. The number of hydrogen-bond donors (Lipinski definition) is 1. The topological polar surface area (TPSA) is 62.6 Å². The molecule has 0 radical (unpaired) electrons. The van der Waals surface area contributed by atoms with Gasteiger partial charge in [0.05, 0.1) is 0 Å². The van der Waals surface area contributed by atoms with Crippen molar-refractivity contribution >= 4 is 0 Å². The number of nitroso groups, excluding NO2 is 1. The second kappa shape index (κ2) is 10.1. The first kappa shape index (κ1) is 20.9. The summed E-state index contributed by atoms with van der Waals surface area (Å²) in [5.74, 6) is 0.0569. The molecule has 3 aromatic rings. The van der Waals surface area contributed by atoms with Gasteiger partial charge in [-0.1, -0.05) is 53.7 Å². The maximum Gasteiger partial charge on any atom is 0.118 e. The normalized spacial score (nSPS) is 13.1. The lowest BCUT2D eigenvalue weighted by Crippen LogP contribution is -2.09. The van der Waals surface area contributed by atoms with Gasteiger partial charge in [-0.2, -0.15) is 4.91 Å².